The van der Waals surface area contributed by atoms with Crippen LogP contribution in [0.4, 0.5) is 0 Å². The molecular weight excluding hydrogens is 505 g/mol. The zero-order chi connectivity index (χ0) is 20.8. The Morgan fingerprint density at radius 3 is 2.48 bits per heavy atom. The number of likely N-dealkylation sites (tertiary alicyclic amines) is 1. The van der Waals surface area contributed by atoms with E-state index < -0.39 is 0 Å². The lowest BCUT2D eigenvalue weighted by Gasteiger charge is -2.35. The van der Waals surface area contributed by atoms with Gasteiger partial charge in [0.25, 0.3) is 0 Å². The lowest BCUT2D eigenvalue weighted by Crippen LogP contribution is -2.48. The highest BCUT2D eigenvalue weighted by atomic mass is 127. The van der Waals surface area contributed by atoms with Crippen LogP contribution in [0, 0.1) is 0 Å². The second-order valence-corrected chi connectivity index (χ2v) is 8.92. The standard InChI is InChI=1S/C24H37N3O3.HI/c1-25-23(26-18-24(12-13-24)19-6-8-20(28-2)9-7-19)27-14-10-21(11-15-27)30-17-22-5-3-4-16-29-22;/h6-9,21-22H,3-5,10-18H2,1-2H3,(H,25,26);1H. The number of nitrogens with zero attached hydrogens (tertiary/aromatic N) is 2. The maximum atomic E-state index is 6.16. The molecule has 1 atom stereocenters. The van der Waals surface area contributed by atoms with Gasteiger partial charge >= 0.3 is 0 Å². The molecule has 2 saturated heterocycles. The van der Waals surface area contributed by atoms with Crippen molar-refractivity contribution in [3.63, 3.8) is 0 Å². The third-order valence-corrected chi connectivity index (χ3v) is 6.89. The van der Waals surface area contributed by atoms with E-state index in [1.54, 1.807) is 7.11 Å². The van der Waals surface area contributed by atoms with Crippen LogP contribution < -0.4 is 10.1 Å². The van der Waals surface area contributed by atoms with E-state index in [1.165, 1.54) is 31.2 Å². The van der Waals surface area contributed by atoms with Gasteiger partial charge in [-0.1, -0.05) is 12.1 Å². The Morgan fingerprint density at radius 1 is 1.16 bits per heavy atom. The summed E-state index contributed by atoms with van der Waals surface area (Å²) in [4.78, 5) is 6.93. The molecule has 3 fully saturated rings. The van der Waals surface area contributed by atoms with E-state index in [-0.39, 0.29) is 29.4 Å². The van der Waals surface area contributed by atoms with Crippen molar-refractivity contribution in [1.29, 1.82) is 0 Å². The quantitative estimate of drug-likeness (QED) is 0.321. The summed E-state index contributed by atoms with van der Waals surface area (Å²) in [6.07, 6.45) is 8.82. The molecule has 1 unspecified atom stereocenters. The number of guanidine groups is 1. The summed E-state index contributed by atoms with van der Waals surface area (Å²) in [5, 5.41) is 3.65. The number of nitrogens with one attached hydrogen (secondary N) is 1. The summed E-state index contributed by atoms with van der Waals surface area (Å²) in [6, 6.07) is 8.53. The number of hydrogen-bond acceptors (Lipinski definition) is 4. The van der Waals surface area contributed by atoms with Crippen molar-refractivity contribution in [3.8, 4) is 5.75 Å². The van der Waals surface area contributed by atoms with Crippen molar-refractivity contribution in [1.82, 2.24) is 10.2 Å². The van der Waals surface area contributed by atoms with Gasteiger partial charge in [0, 0.05) is 38.7 Å². The fourth-order valence-corrected chi connectivity index (χ4v) is 4.66. The molecule has 4 rings (SSSR count). The minimum Gasteiger partial charge on any atom is -0.497 e. The van der Waals surface area contributed by atoms with E-state index in [1.807, 2.05) is 7.05 Å². The average molecular weight is 543 g/mol. The molecule has 1 aliphatic carbocycles. The van der Waals surface area contributed by atoms with Crippen molar-refractivity contribution in [2.45, 2.75) is 62.6 Å². The maximum absolute atomic E-state index is 6.16. The summed E-state index contributed by atoms with van der Waals surface area (Å²) in [5.74, 6) is 1.93. The van der Waals surface area contributed by atoms with Gasteiger partial charge in [0.1, 0.15) is 5.75 Å². The molecule has 0 radical (unpaired) electrons. The van der Waals surface area contributed by atoms with E-state index in [2.05, 4.69) is 39.5 Å². The third kappa shape index (κ3) is 6.48. The van der Waals surface area contributed by atoms with Crippen LogP contribution in [0.25, 0.3) is 0 Å². The molecule has 1 aromatic rings. The fourth-order valence-electron chi connectivity index (χ4n) is 4.66. The number of halogens is 1. The zero-order valence-corrected chi connectivity index (χ0v) is 21.3. The molecule has 0 bridgehead atoms. The van der Waals surface area contributed by atoms with Crippen LogP contribution in [0.5, 0.6) is 5.75 Å². The molecule has 6 nitrogen and oxygen atoms in total. The highest BCUT2D eigenvalue weighted by molar-refractivity contribution is 14.0. The summed E-state index contributed by atoms with van der Waals surface area (Å²) < 4.78 is 17.3. The van der Waals surface area contributed by atoms with Gasteiger partial charge in [0.2, 0.25) is 0 Å². The molecule has 2 heterocycles. The van der Waals surface area contributed by atoms with Gasteiger partial charge in [-0.15, -0.1) is 24.0 Å². The maximum Gasteiger partial charge on any atom is 0.193 e. The van der Waals surface area contributed by atoms with Crippen LogP contribution in [-0.2, 0) is 14.9 Å². The molecule has 174 valence electrons. The number of rotatable bonds is 7. The monoisotopic (exact) mass is 543 g/mol. The van der Waals surface area contributed by atoms with E-state index in [4.69, 9.17) is 14.2 Å². The number of ether oxygens (including phenoxy) is 3. The number of piperidine rings is 1. The van der Waals surface area contributed by atoms with Gasteiger partial charge in [0.05, 0.1) is 25.9 Å². The topological polar surface area (TPSA) is 55.3 Å². The van der Waals surface area contributed by atoms with Crippen LogP contribution in [0.15, 0.2) is 29.3 Å². The molecule has 0 spiro atoms. The van der Waals surface area contributed by atoms with Gasteiger partial charge < -0.3 is 24.4 Å². The normalized spacial score (nSPS) is 23.7. The molecule has 0 amide bonds. The van der Waals surface area contributed by atoms with Gasteiger partial charge in [-0.05, 0) is 62.6 Å². The first-order valence-electron chi connectivity index (χ1n) is 11.6. The first-order chi connectivity index (χ1) is 14.7. The molecule has 1 saturated carbocycles. The smallest absolute Gasteiger partial charge is 0.193 e. The predicted octanol–water partition coefficient (Wildman–Crippen LogP) is 3.97. The fraction of sp³-hybridized carbons (Fsp3) is 0.708. The minimum atomic E-state index is 0. The number of hydrogen-bond donors (Lipinski definition) is 1. The molecule has 1 aromatic carbocycles. The van der Waals surface area contributed by atoms with Crippen molar-refractivity contribution in [2.24, 2.45) is 4.99 Å². The summed E-state index contributed by atoms with van der Waals surface area (Å²) >= 11 is 0. The Bertz CT molecular complexity index is 695. The number of methoxy groups -OCH3 is 1. The highest BCUT2D eigenvalue weighted by Crippen LogP contribution is 2.47. The molecule has 7 heteroatoms. The van der Waals surface area contributed by atoms with Crippen molar-refractivity contribution < 1.29 is 14.2 Å². The van der Waals surface area contributed by atoms with Crippen molar-refractivity contribution in [3.05, 3.63) is 29.8 Å². The molecule has 3 aliphatic rings. The Hall–Kier alpha value is -1.06. The van der Waals surface area contributed by atoms with Gasteiger partial charge in [-0.2, -0.15) is 0 Å². The Balaban J connectivity index is 0.00000272. The first-order valence-corrected chi connectivity index (χ1v) is 11.6. The largest absolute Gasteiger partial charge is 0.497 e. The molecular formula is C24H38IN3O3. The molecule has 0 aromatic heterocycles. The van der Waals surface area contributed by atoms with Crippen LogP contribution >= 0.6 is 24.0 Å². The van der Waals surface area contributed by atoms with Crippen LogP contribution in [0.1, 0.15) is 50.5 Å². The van der Waals surface area contributed by atoms with Gasteiger partial charge in [0.15, 0.2) is 5.96 Å². The van der Waals surface area contributed by atoms with Crippen molar-refractivity contribution in [2.75, 3.05) is 47.0 Å². The summed E-state index contributed by atoms with van der Waals surface area (Å²) in [6.45, 7) is 4.56. The zero-order valence-electron chi connectivity index (χ0n) is 19.0. The number of benzene rings is 1. The van der Waals surface area contributed by atoms with E-state index in [0.29, 0.717) is 12.2 Å². The highest BCUT2D eigenvalue weighted by Gasteiger charge is 2.44. The van der Waals surface area contributed by atoms with Gasteiger partial charge in [-0.25, -0.2) is 0 Å². The van der Waals surface area contributed by atoms with Crippen LogP contribution in [0.2, 0.25) is 0 Å². The second kappa shape index (κ2) is 11.7. The van der Waals surface area contributed by atoms with Crippen LogP contribution in [0.3, 0.4) is 0 Å². The number of aliphatic imine (C=N–C) groups is 1. The lowest BCUT2D eigenvalue weighted by atomic mass is 9.96. The van der Waals surface area contributed by atoms with Gasteiger partial charge in [-0.3, -0.25) is 4.99 Å². The first kappa shape index (κ1) is 24.6. The molecule has 1 N–H and O–H groups in total. The van der Waals surface area contributed by atoms with E-state index in [9.17, 15) is 0 Å². The van der Waals surface area contributed by atoms with Crippen LogP contribution in [-0.4, -0.2) is 70.1 Å². The lowest BCUT2D eigenvalue weighted by molar-refractivity contribution is -0.0721. The molecule has 2 aliphatic heterocycles. The third-order valence-electron chi connectivity index (χ3n) is 6.89. The summed E-state index contributed by atoms with van der Waals surface area (Å²) in [7, 11) is 3.60. The average Bonchev–Trinajstić information content (AvgIpc) is 3.61. The Labute approximate surface area is 204 Å². The molecule has 31 heavy (non-hydrogen) atoms. The van der Waals surface area contributed by atoms with E-state index >= 15 is 0 Å². The van der Waals surface area contributed by atoms with Crippen molar-refractivity contribution >= 4 is 29.9 Å². The minimum absolute atomic E-state index is 0. The second-order valence-electron chi connectivity index (χ2n) is 8.92. The SMILES string of the molecule is CN=C(NCC1(c2ccc(OC)cc2)CC1)N1CCC(OCC2CCCCO2)CC1.I. The Kier molecular flexibility index (Phi) is 9.28. The predicted molar refractivity (Wildman–Crippen MR) is 135 cm³/mol. The van der Waals surface area contributed by atoms with E-state index in [0.717, 1.165) is 63.8 Å². The summed E-state index contributed by atoms with van der Waals surface area (Å²) in [5.41, 5.74) is 1.63. The Morgan fingerprint density at radius 2 is 1.90 bits per heavy atom.